The molecular weight excluding hydrogens is 174 g/mol. The Bertz CT molecular complexity index is 358. The van der Waals surface area contributed by atoms with Gasteiger partial charge in [0.1, 0.15) is 5.82 Å². The van der Waals surface area contributed by atoms with Crippen LogP contribution in [0.3, 0.4) is 0 Å². The first kappa shape index (κ1) is 9.46. The van der Waals surface area contributed by atoms with E-state index in [0.717, 1.165) is 24.5 Å². The zero-order valence-electron chi connectivity index (χ0n) is 8.85. The lowest BCUT2D eigenvalue weighted by atomic mass is 9.96. The molecule has 0 saturated heterocycles. The summed E-state index contributed by atoms with van der Waals surface area (Å²) in [4.78, 5) is 4.55. The monoisotopic (exact) mass is 191 g/mol. The maximum Gasteiger partial charge on any atom is 0.129 e. The summed E-state index contributed by atoms with van der Waals surface area (Å²) in [6.45, 7) is 5.83. The van der Waals surface area contributed by atoms with Gasteiger partial charge >= 0.3 is 0 Å². The maximum atomic E-state index is 5.72. The largest absolute Gasteiger partial charge is 0.370 e. The van der Waals surface area contributed by atoms with Gasteiger partial charge < -0.3 is 11.1 Å². The van der Waals surface area contributed by atoms with Crippen LogP contribution in [0.25, 0.3) is 0 Å². The Balaban J connectivity index is 2.57. The molecule has 14 heavy (non-hydrogen) atoms. The van der Waals surface area contributed by atoms with Gasteiger partial charge in [-0.3, -0.25) is 0 Å². The smallest absolute Gasteiger partial charge is 0.129 e. The second kappa shape index (κ2) is 3.58. The fourth-order valence-corrected chi connectivity index (χ4v) is 2.16. The first-order valence-corrected chi connectivity index (χ1v) is 5.17. The lowest BCUT2D eigenvalue weighted by Gasteiger charge is -2.22. The van der Waals surface area contributed by atoms with E-state index in [1.807, 2.05) is 6.92 Å². The van der Waals surface area contributed by atoms with Gasteiger partial charge in [-0.05, 0) is 43.4 Å². The van der Waals surface area contributed by atoms with Crippen molar-refractivity contribution in [3.8, 4) is 0 Å². The number of hydrogen-bond acceptors (Lipinski definition) is 3. The fraction of sp³-hybridized carbons (Fsp3) is 0.545. The van der Waals surface area contributed by atoms with Crippen LogP contribution in [-0.4, -0.2) is 11.5 Å². The first-order valence-electron chi connectivity index (χ1n) is 5.17. The van der Waals surface area contributed by atoms with Gasteiger partial charge in [0.15, 0.2) is 0 Å². The molecule has 2 heterocycles. The predicted octanol–water partition coefficient (Wildman–Crippen LogP) is 1.52. The Hall–Kier alpha value is -1.09. The minimum atomic E-state index is 0.595. The van der Waals surface area contributed by atoms with Gasteiger partial charge in [0, 0.05) is 18.8 Å². The van der Waals surface area contributed by atoms with E-state index in [1.165, 1.54) is 23.1 Å². The van der Waals surface area contributed by atoms with Gasteiger partial charge in [0.25, 0.3) is 0 Å². The second-order valence-corrected chi connectivity index (χ2v) is 3.86. The number of anilines is 1. The average molecular weight is 191 g/mol. The van der Waals surface area contributed by atoms with Crippen molar-refractivity contribution in [2.75, 3.05) is 11.9 Å². The first-order chi connectivity index (χ1) is 6.74. The Morgan fingerprint density at radius 3 is 2.93 bits per heavy atom. The molecule has 0 fully saturated rings. The quantitative estimate of drug-likeness (QED) is 0.707. The van der Waals surface area contributed by atoms with E-state index in [0.29, 0.717) is 6.54 Å². The molecule has 0 saturated carbocycles. The molecule has 0 atom stereocenters. The van der Waals surface area contributed by atoms with Gasteiger partial charge in [-0.1, -0.05) is 0 Å². The van der Waals surface area contributed by atoms with Crippen molar-refractivity contribution in [1.29, 1.82) is 0 Å². The van der Waals surface area contributed by atoms with Crippen molar-refractivity contribution in [2.24, 2.45) is 5.73 Å². The van der Waals surface area contributed by atoms with Crippen molar-refractivity contribution in [1.82, 2.24) is 4.98 Å². The van der Waals surface area contributed by atoms with E-state index >= 15 is 0 Å². The normalized spacial score (nSPS) is 14.8. The molecule has 3 N–H and O–H groups in total. The van der Waals surface area contributed by atoms with Crippen molar-refractivity contribution in [2.45, 2.75) is 33.2 Å². The molecule has 1 aliphatic rings. The van der Waals surface area contributed by atoms with Crippen LogP contribution < -0.4 is 11.1 Å². The Morgan fingerprint density at radius 2 is 2.21 bits per heavy atom. The molecule has 1 aliphatic heterocycles. The molecule has 0 spiro atoms. The fourth-order valence-electron chi connectivity index (χ4n) is 2.16. The number of aryl methyl sites for hydroxylation is 1. The molecule has 3 nitrogen and oxygen atoms in total. The second-order valence-electron chi connectivity index (χ2n) is 3.86. The molecule has 0 unspecified atom stereocenters. The van der Waals surface area contributed by atoms with Crippen molar-refractivity contribution in [3.63, 3.8) is 0 Å². The summed E-state index contributed by atoms with van der Waals surface area (Å²) in [7, 11) is 0. The molecule has 0 bridgehead atoms. The van der Waals surface area contributed by atoms with Crippen molar-refractivity contribution < 1.29 is 0 Å². The highest BCUT2D eigenvalue weighted by Gasteiger charge is 2.16. The minimum absolute atomic E-state index is 0.595. The van der Waals surface area contributed by atoms with E-state index in [9.17, 15) is 0 Å². The topological polar surface area (TPSA) is 50.9 Å². The molecule has 3 heteroatoms. The number of aromatic nitrogens is 1. The summed E-state index contributed by atoms with van der Waals surface area (Å²) in [6, 6.07) is 0. The zero-order chi connectivity index (χ0) is 10.1. The van der Waals surface area contributed by atoms with Gasteiger partial charge in [-0.25, -0.2) is 4.98 Å². The number of nitrogens with zero attached hydrogens (tertiary/aromatic N) is 1. The number of pyridine rings is 1. The summed E-state index contributed by atoms with van der Waals surface area (Å²) in [6.07, 6.45) is 2.33. The van der Waals surface area contributed by atoms with Crippen LogP contribution in [0.1, 0.15) is 28.8 Å². The highest BCUT2D eigenvalue weighted by molar-refractivity contribution is 5.54. The zero-order valence-corrected chi connectivity index (χ0v) is 8.85. The highest BCUT2D eigenvalue weighted by Crippen LogP contribution is 2.26. The standard InChI is InChI=1S/C11H17N3/c1-7-9-4-3-5-13-11(9)14-8(2)10(7)6-12/h3-6,12H2,1-2H3,(H,13,14). The SMILES string of the molecule is Cc1nc2c(c(C)c1CN)CCCN2. The molecule has 1 aromatic heterocycles. The Morgan fingerprint density at radius 1 is 1.43 bits per heavy atom. The van der Waals surface area contributed by atoms with E-state index in [-0.39, 0.29) is 0 Å². The third-order valence-corrected chi connectivity index (χ3v) is 3.01. The lowest BCUT2D eigenvalue weighted by molar-refractivity contribution is 0.799. The number of rotatable bonds is 1. The van der Waals surface area contributed by atoms with Crippen molar-refractivity contribution in [3.05, 3.63) is 22.4 Å². The van der Waals surface area contributed by atoms with E-state index in [1.54, 1.807) is 0 Å². The molecule has 0 radical (unpaired) electrons. The van der Waals surface area contributed by atoms with E-state index in [2.05, 4.69) is 17.2 Å². The van der Waals surface area contributed by atoms with E-state index < -0.39 is 0 Å². The van der Waals surface area contributed by atoms with Gasteiger partial charge in [-0.15, -0.1) is 0 Å². The number of hydrogen-bond donors (Lipinski definition) is 2. The minimum Gasteiger partial charge on any atom is -0.370 e. The molecule has 0 amide bonds. The summed E-state index contributed by atoms with van der Waals surface area (Å²) >= 11 is 0. The lowest BCUT2D eigenvalue weighted by Crippen LogP contribution is -2.17. The molecule has 2 rings (SSSR count). The predicted molar refractivity (Wildman–Crippen MR) is 58.4 cm³/mol. The number of fused-ring (bicyclic) bond motifs is 1. The van der Waals surface area contributed by atoms with Crippen LogP contribution >= 0.6 is 0 Å². The average Bonchev–Trinajstić information content (AvgIpc) is 2.18. The third kappa shape index (κ3) is 1.38. The summed E-state index contributed by atoms with van der Waals surface area (Å²) in [5.41, 5.74) is 10.7. The van der Waals surface area contributed by atoms with Crippen LogP contribution in [0, 0.1) is 13.8 Å². The Labute approximate surface area is 84.7 Å². The molecule has 0 aromatic carbocycles. The number of nitrogens with two attached hydrogens (primary N) is 1. The van der Waals surface area contributed by atoms with Crippen LogP contribution in [0.5, 0.6) is 0 Å². The van der Waals surface area contributed by atoms with Crippen molar-refractivity contribution >= 4 is 5.82 Å². The molecule has 1 aromatic rings. The maximum absolute atomic E-state index is 5.72. The van der Waals surface area contributed by atoms with Crippen LogP contribution in [0.2, 0.25) is 0 Å². The van der Waals surface area contributed by atoms with E-state index in [4.69, 9.17) is 5.73 Å². The summed E-state index contributed by atoms with van der Waals surface area (Å²) in [5.74, 6) is 1.07. The van der Waals surface area contributed by atoms with Crippen LogP contribution in [-0.2, 0) is 13.0 Å². The summed E-state index contributed by atoms with van der Waals surface area (Å²) in [5, 5.41) is 3.34. The van der Waals surface area contributed by atoms with Gasteiger partial charge in [0.05, 0.1) is 0 Å². The summed E-state index contributed by atoms with van der Waals surface area (Å²) < 4.78 is 0. The Kier molecular flexibility index (Phi) is 2.42. The highest BCUT2D eigenvalue weighted by atomic mass is 15.0. The van der Waals surface area contributed by atoms with Crippen LogP contribution in [0.4, 0.5) is 5.82 Å². The number of nitrogens with one attached hydrogen (secondary N) is 1. The molecular formula is C11H17N3. The van der Waals surface area contributed by atoms with Gasteiger partial charge in [-0.2, -0.15) is 0 Å². The van der Waals surface area contributed by atoms with Gasteiger partial charge in [0.2, 0.25) is 0 Å². The molecule has 76 valence electrons. The third-order valence-electron chi connectivity index (χ3n) is 3.01. The molecule has 0 aliphatic carbocycles. The van der Waals surface area contributed by atoms with Crippen LogP contribution in [0.15, 0.2) is 0 Å².